The number of aliphatic hydroxyl groups is 3. The second-order valence-electron chi connectivity index (χ2n) is 12.0. The summed E-state index contributed by atoms with van der Waals surface area (Å²) < 4.78 is 0. The van der Waals surface area contributed by atoms with Gasteiger partial charge in [-0.25, -0.2) is 0 Å². The fraction of sp³-hybridized carbons (Fsp3) is 1.00. The van der Waals surface area contributed by atoms with Gasteiger partial charge in [-0.15, -0.1) is 0 Å². The molecule has 0 aliphatic heterocycles. The summed E-state index contributed by atoms with van der Waals surface area (Å²) in [6.07, 6.45) is 8.86. The van der Waals surface area contributed by atoms with Gasteiger partial charge in [0.1, 0.15) is 0 Å². The highest BCUT2D eigenvalue weighted by Crippen LogP contribution is 2.69. The summed E-state index contributed by atoms with van der Waals surface area (Å²) in [5.74, 6) is 2.97. The molecule has 0 aromatic carbocycles. The molecule has 0 heterocycles. The van der Waals surface area contributed by atoms with E-state index in [1.165, 1.54) is 25.7 Å². The number of rotatable bonds is 4. The Hall–Kier alpha value is -0.120. The first-order valence-electron chi connectivity index (χ1n) is 12.7. The predicted octanol–water partition coefficient (Wildman–Crippen LogP) is 5.02. The summed E-state index contributed by atoms with van der Waals surface area (Å²) in [7, 11) is 0. The quantitative estimate of drug-likeness (QED) is 0.614. The second-order valence-corrected chi connectivity index (χ2v) is 12.0. The molecule has 4 saturated carbocycles. The molecule has 4 rings (SSSR count). The van der Waals surface area contributed by atoms with Gasteiger partial charge in [0.25, 0.3) is 0 Å². The number of aliphatic hydroxyl groups excluding tert-OH is 3. The Kier molecular flexibility index (Phi) is 5.93. The highest BCUT2D eigenvalue weighted by molar-refractivity contribution is 5.15. The molecule has 0 aromatic rings. The molecule has 168 valence electrons. The Morgan fingerprint density at radius 1 is 0.897 bits per heavy atom. The van der Waals surface area contributed by atoms with Gasteiger partial charge in [0.2, 0.25) is 0 Å². The van der Waals surface area contributed by atoms with E-state index in [9.17, 15) is 15.3 Å². The highest BCUT2D eigenvalue weighted by Gasteiger charge is 2.66. The van der Waals surface area contributed by atoms with Gasteiger partial charge in [-0.05, 0) is 90.8 Å². The molecular formula is C26H46O3. The molecule has 0 saturated heterocycles. The summed E-state index contributed by atoms with van der Waals surface area (Å²) >= 11 is 0. The van der Waals surface area contributed by atoms with Crippen LogP contribution in [0, 0.1) is 52.3 Å². The Morgan fingerprint density at radius 3 is 2.24 bits per heavy atom. The maximum atomic E-state index is 11.7. The molecule has 3 nitrogen and oxygen atoms in total. The standard InChI is InChI=1S/C26H46O3/c1-6-8-15(3)23-21(28)14-20-22-18(10-12-26(20,23)5)25(4)11-9-16(27)13-19(25)17(7-2)24(22)29/h15-24,27-29H,6-14H2,1-5H3/t15-,16-,17-,18?,19+,20?,21+,22?,23+,24-,25-,26+/m1/s1. The maximum Gasteiger partial charge on any atom is 0.0605 e. The van der Waals surface area contributed by atoms with E-state index < -0.39 is 0 Å². The normalized spacial score (nSPS) is 55.7. The zero-order valence-corrected chi connectivity index (χ0v) is 19.5. The Balaban J connectivity index is 1.70. The monoisotopic (exact) mass is 406 g/mol. The van der Waals surface area contributed by atoms with Crippen molar-refractivity contribution in [1.82, 2.24) is 0 Å². The average Bonchev–Trinajstić information content (AvgIpc) is 2.93. The summed E-state index contributed by atoms with van der Waals surface area (Å²) in [6.45, 7) is 11.8. The molecule has 3 N–H and O–H groups in total. The van der Waals surface area contributed by atoms with Crippen LogP contribution in [0.25, 0.3) is 0 Å². The molecule has 0 bridgehead atoms. The number of hydrogen-bond donors (Lipinski definition) is 3. The molecule has 3 heteroatoms. The molecule has 0 spiro atoms. The summed E-state index contributed by atoms with van der Waals surface area (Å²) in [5.41, 5.74) is 0.398. The second kappa shape index (κ2) is 7.78. The smallest absolute Gasteiger partial charge is 0.0605 e. The largest absolute Gasteiger partial charge is 0.393 e. The predicted molar refractivity (Wildman–Crippen MR) is 117 cm³/mol. The lowest BCUT2D eigenvalue weighted by Crippen LogP contribution is -2.62. The Labute approximate surface area is 178 Å². The van der Waals surface area contributed by atoms with Gasteiger partial charge in [0.05, 0.1) is 18.3 Å². The van der Waals surface area contributed by atoms with Gasteiger partial charge in [-0.3, -0.25) is 0 Å². The van der Waals surface area contributed by atoms with E-state index in [4.69, 9.17) is 0 Å². The van der Waals surface area contributed by atoms with Gasteiger partial charge < -0.3 is 15.3 Å². The minimum absolute atomic E-state index is 0.159. The lowest BCUT2D eigenvalue weighted by Gasteiger charge is -2.64. The molecule has 0 radical (unpaired) electrons. The van der Waals surface area contributed by atoms with Gasteiger partial charge in [-0.1, -0.05) is 53.9 Å². The van der Waals surface area contributed by atoms with Gasteiger partial charge in [0, 0.05) is 0 Å². The third kappa shape index (κ3) is 3.16. The van der Waals surface area contributed by atoms with Crippen LogP contribution in [-0.4, -0.2) is 33.6 Å². The van der Waals surface area contributed by atoms with Gasteiger partial charge in [-0.2, -0.15) is 0 Å². The van der Waals surface area contributed by atoms with Crippen molar-refractivity contribution in [3.05, 3.63) is 0 Å². The van der Waals surface area contributed by atoms with Crippen molar-refractivity contribution in [2.75, 3.05) is 0 Å². The van der Waals surface area contributed by atoms with Crippen LogP contribution < -0.4 is 0 Å². The van der Waals surface area contributed by atoms with Crippen LogP contribution >= 0.6 is 0 Å². The van der Waals surface area contributed by atoms with Crippen LogP contribution in [0.2, 0.25) is 0 Å². The zero-order valence-electron chi connectivity index (χ0n) is 19.5. The summed E-state index contributed by atoms with van der Waals surface area (Å²) in [6, 6.07) is 0. The van der Waals surface area contributed by atoms with Crippen molar-refractivity contribution in [3.63, 3.8) is 0 Å². The van der Waals surface area contributed by atoms with E-state index >= 15 is 0 Å². The Bertz CT molecular complexity index is 593. The van der Waals surface area contributed by atoms with Crippen LogP contribution in [-0.2, 0) is 0 Å². The first-order chi connectivity index (χ1) is 13.7. The molecule has 12 atom stereocenters. The fourth-order valence-corrected chi connectivity index (χ4v) is 9.68. The van der Waals surface area contributed by atoms with Crippen LogP contribution in [0.5, 0.6) is 0 Å². The van der Waals surface area contributed by atoms with Crippen molar-refractivity contribution in [1.29, 1.82) is 0 Å². The molecular weight excluding hydrogens is 360 g/mol. The van der Waals surface area contributed by atoms with Crippen molar-refractivity contribution >= 4 is 0 Å². The van der Waals surface area contributed by atoms with Crippen LogP contribution in [0.15, 0.2) is 0 Å². The van der Waals surface area contributed by atoms with E-state index in [1.54, 1.807) is 0 Å². The van der Waals surface area contributed by atoms with Crippen molar-refractivity contribution < 1.29 is 15.3 Å². The summed E-state index contributed by atoms with van der Waals surface area (Å²) in [4.78, 5) is 0. The Morgan fingerprint density at radius 2 is 1.59 bits per heavy atom. The molecule has 4 aliphatic rings. The third-order valence-corrected chi connectivity index (χ3v) is 10.9. The lowest BCUT2D eigenvalue weighted by atomic mass is 9.41. The van der Waals surface area contributed by atoms with Gasteiger partial charge >= 0.3 is 0 Å². The molecule has 29 heavy (non-hydrogen) atoms. The lowest BCUT2D eigenvalue weighted by molar-refractivity contribution is -0.203. The molecule has 3 unspecified atom stereocenters. The third-order valence-electron chi connectivity index (χ3n) is 10.9. The van der Waals surface area contributed by atoms with Crippen LogP contribution in [0.1, 0.15) is 92.4 Å². The van der Waals surface area contributed by atoms with E-state index in [0.29, 0.717) is 41.4 Å². The van der Waals surface area contributed by atoms with Crippen LogP contribution in [0.3, 0.4) is 0 Å². The van der Waals surface area contributed by atoms with E-state index in [1.807, 2.05) is 0 Å². The minimum Gasteiger partial charge on any atom is -0.393 e. The van der Waals surface area contributed by atoms with Crippen molar-refractivity contribution in [2.24, 2.45) is 52.3 Å². The number of fused-ring (bicyclic) bond motifs is 5. The first kappa shape index (κ1) is 22.1. The molecule has 0 amide bonds. The summed E-state index contributed by atoms with van der Waals surface area (Å²) in [5, 5.41) is 33.3. The maximum absolute atomic E-state index is 11.7. The first-order valence-corrected chi connectivity index (χ1v) is 12.7. The van der Waals surface area contributed by atoms with E-state index in [0.717, 1.165) is 32.1 Å². The fourth-order valence-electron chi connectivity index (χ4n) is 9.68. The van der Waals surface area contributed by atoms with E-state index in [-0.39, 0.29) is 29.1 Å². The SMILES string of the molecule is CCC[C@@H](C)[C@H]1[C@@H](O)CC2C3C(CC[C@@]21C)[C@@]1(C)CC[C@@H](O)C[C@H]1[C@@H](CC)[C@H]3O. The highest BCUT2D eigenvalue weighted by atomic mass is 16.3. The molecule has 4 fully saturated rings. The number of hydrogen-bond acceptors (Lipinski definition) is 3. The van der Waals surface area contributed by atoms with Crippen LogP contribution in [0.4, 0.5) is 0 Å². The van der Waals surface area contributed by atoms with Crippen molar-refractivity contribution in [3.8, 4) is 0 Å². The molecule has 4 aliphatic carbocycles. The van der Waals surface area contributed by atoms with Crippen molar-refractivity contribution in [2.45, 2.75) is 111 Å². The molecule has 0 aromatic heterocycles. The van der Waals surface area contributed by atoms with Gasteiger partial charge in [0.15, 0.2) is 0 Å². The topological polar surface area (TPSA) is 60.7 Å². The van der Waals surface area contributed by atoms with E-state index in [2.05, 4.69) is 34.6 Å². The average molecular weight is 407 g/mol. The zero-order chi connectivity index (χ0) is 21.1. The minimum atomic E-state index is -0.273.